The van der Waals surface area contributed by atoms with E-state index in [2.05, 4.69) is 15.4 Å². The molecule has 4 aromatic rings. The number of amides is 1. The van der Waals surface area contributed by atoms with Gasteiger partial charge >= 0.3 is 6.01 Å². The molecule has 1 aliphatic rings. The average Bonchev–Trinajstić information content (AvgIpc) is 3.52. The lowest BCUT2D eigenvalue weighted by molar-refractivity contribution is -0.115. The fourth-order valence-electron chi connectivity index (χ4n) is 3.71. The minimum absolute atomic E-state index is 0.108. The average molecular weight is 473 g/mol. The fraction of sp³-hybridized carbons (Fsp3) is 0.192. The van der Waals surface area contributed by atoms with Crippen LogP contribution in [0.4, 0.5) is 5.69 Å². The highest BCUT2D eigenvalue weighted by molar-refractivity contribution is 5.92. The summed E-state index contributed by atoms with van der Waals surface area (Å²) in [6, 6.07) is 20.7. The Morgan fingerprint density at radius 2 is 1.80 bits per heavy atom. The summed E-state index contributed by atoms with van der Waals surface area (Å²) in [6.45, 7) is 2.52. The lowest BCUT2D eigenvalue weighted by atomic mass is 10.1. The summed E-state index contributed by atoms with van der Waals surface area (Å²) in [5.41, 5.74) is 3.16. The number of methoxy groups -OCH3 is 1. The number of hydrogen-bond acceptors (Lipinski definition) is 7. The Kier molecular flexibility index (Phi) is 6.21. The quantitative estimate of drug-likeness (QED) is 0.409. The van der Waals surface area contributed by atoms with E-state index >= 15 is 0 Å². The number of fused-ring (bicyclic) bond motifs is 1. The molecule has 9 heteroatoms. The highest BCUT2D eigenvalue weighted by Gasteiger charge is 2.19. The van der Waals surface area contributed by atoms with Gasteiger partial charge in [0.25, 0.3) is 0 Å². The predicted molar refractivity (Wildman–Crippen MR) is 129 cm³/mol. The van der Waals surface area contributed by atoms with Crippen molar-refractivity contribution >= 4 is 11.6 Å². The van der Waals surface area contributed by atoms with Crippen LogP contribution in [-0.2, 0) is 11.2 Å². The van der Waals surface area contributed by atoms with E-state index < -0.39 is 0 Å². The molecule has 0 saturated carbocycles. The molecule has 0 atom stereocenters. The molecule has 0 saturated heterocycles. The third-order valence-electron chi connectivity index (χ3n) is 5.41. The van der Waals surface area contributed by atoms with Gasteiger partial charge in [-0.15, -0.1) is 5.10 Å². The lowest BCUT2D eigenvalue weighted by Crippen LogP contribution is -2.14. The molecule has 0 bridgehead atoms. The Morgan fingerprint density at radius 1 is 1.03 bits per heavy atom. The molecule has 9 nitrogen and oxygen atoms in total. The molecular formula is C26H24N4O5. The monoisotopic (exact) mass is 472 g/mol. The predicted octanol–water partition coefficient (Wildman–Crippen LogP) is 4.25. The Labute approximate surface area is 202 Å². The molecule has 0 aliphatic carbocycles. The minimum Gasteiger partial charge on any atom is -0.497 e. The molecule has 1 aliphatic heterocycles. The number of hydrogen-bond donors (Lipinski definition) is 1. The first-order valence-corrected chi connectivity index (χ1v) is 11.2. The summed E-state index contributed by atoms with van der Waals surface area (Å²) >= 11 is 0. The number of aromatic nitrogens is 3. The second-order valence-corrected chi connectivity index (χ2v) is 7.75. The van der Waals surface area contributed by atoms with Crippen molar-refractivity contribution in [3.63, 3.8) is 0 Å². The lowest BCUT2D eigenvalue weighted by Gasteiger charge is -2.09. The maximum Gasteiger partial charge on any atom is 0.336 e. The van der Waals surface area contributed by atoms with Crippen LogP contribution in [0.3, 0.4) is 0 Å². The Hall–Kier alpha value is -4.53. The third-order valence-corrected chi connectivity index (χ3v) is 5.41. The van der Waals surface area contributed by atoms with Gasteiger partial charge in [-0.05, 0) is 67.1 Å². The molecular weight excluding hydrogens is 448 g/mol. The van der Waals surface area contributed by atoms with E-state index in [0.717, 1.165) is 22.6 Å². The highest BCUT2D eigenvalue weighted by atomic mass is 16.7. The van der Waals surface area contributed by atoms with Crippen molar-refractivity contribution < 1.29 is 23.7 Å². The number of anilines is 1. The summed E-state index contributed by atoms with van der Waals surface area (Å²) in [7, 11) is 1.61. The van der Waals surface area contributed by atoms with E-state index in [4.69, 9.17) is 18.9 Å². The van der Waals surface area contributed by atoms with Gasteiger partial charge in [0.15, 0.2) is 17.3 Å². The van der Waals surface area contributed by atoms with Crippen molar-refractivity contribution in [3.05, 3.63) is 72.3 Å². The maximum absolute atomic E-state index is 12.5. The van der Waals surface area contributed by atoms with Gasteiger partial charge in [0, 0.05) is 11.3 Å². The van der Waals surface area contributed by atoms with Crippen molar-refractivity contribution in [1.82, 2.24) is 14.8 Å². The van der Waals surface area contributed by atoms with Gasteiger partial charge in [-0.3, -0.25) is 4.79 Å². The van der Waals surface area contributed by atoms with Crippen molar-refractivity contribution in [3.8, 4) is 40.3 Å². The molecule has 35 heavy (non-hydrogen) atoms. The summed E-state index contributed by atoms with van der Waals surface area (Å²) in [4.78, 5) is 17.0. The molecule has 0 unspecified atom stereocenters. The van der Waals surface area contributed by atoms with Crippen LogP contribution in [0.25, 0.3) is 17.1 Å². The van der Waals surface area contributed by atoms with Crippen LogP contribution in [0.15, 0.2) is 66.7 Å². The first-order chi connectivity index (χ1) is 17.1. The molecule has 2 heterocycles. The Bertz CT molecular complexity index is 1330. The Morgan fingerprint density at radius 3 is 2.54 bits per heavy atom. The second kappa shape index (κ2) is 9.76. The number of nitrogens with zero attached hydrogens (tertiary/aromatic N) is 3. The van der Waals surface area contributed by atoms with Crippen LogP contribution in [0.5, 0.6) is 23.3 Å². The van der Waals surface area contributed by atoms with Gasteiger partial charge in [-0.2, -0.15) is 4.98 Å². The summed E-state index contributed by atoms with van der Waals surface area (Å²) in [5.74, 6) is 2.60. The zero-order chi connectivity index (χ0) is 24.2. The molecule has 3 aromatic carbocycles. The fourth-order valence-corrected chi connectivity index (χ4v) is 3.71. The van der Waals surface area contributed by atoms with E-state index in [0.29, 0.717) is 29.6 Å². The summed E-state index contributed by atoms with van der Waals surface area (Å²) in [6.07, 6.45) is 0.265. The van der Waals surface area contributed by atoms with E-state index in [9.17, 15) is 4.79 Å². The van der Waals surface area contributed by atoms with Crippen LogP contribution in [0.2, 0.25) is 0 Å². The zero-order valence-electron chi connectivity index (χ0n) is 19.4. The number of carbonyl (C=O) groups excluding carboxylic acids is 1. The van der Waals surface area contributed by atoms with Gasteiger partial charge in [-0.25, -0.2) is 4.68 Å². The summed E-state index contributed by atoms with van der Waals surface area (Å²) < 4.78 is 23.3. The van der Waals surface area contributed by atoms with Crippen molar-refractivity contribution in [2.45, 2.75) is 13.3 Å². The molecule has 0 spiro atoms. The number of ether oxygens (including phenoxy) is 4. The molecule has 1 amide bonds. The summed E-state index contributed by atoms with van der Waals surface area (Å²) in [5, 5.41) is 7.44. The van der Waals surface area contributed by atoms with Crippen LogP contribution in [-0.4, -0.2) is 41.2 Å². The van der Waals surface area contributed by atoms with Gasteiger partial charge in [0.1, 0.15) is 5.75 Å². The van der Waals surface area contributed by atoms with Crippen LogP contribution in [0.1, 0.15) is 12.5 Å². The van der Waals surface area contributed by atoms with E-state index in [1.165, 1.54) is 0 Å². The maximum atomic E-state index is 12.5. The first kappa shape index (κ1) is 22.3. The van der Waals surface area contributed by atoms with E-state index in [-0.39, 0.29) is 25.1 Å². The molecule has 0 radical (unpaired) electrons. The number of carbonyl (C=O) groups is 1. The van der Waals surface area contributed by atoms with Crippen molar-refractivity contribution in [2.75, 3.05) is 25.8 Å². The van der Waals surface area contributed by atoms with Gasteiger partial charge in [0.2, 0.25) is 12.7 Å². The molecule has 0 fully saturated rings. The van der Waals surface area contributed by atoms with Crippen molar-refractivity contribution in [1.29, 1.82) is 0 Å². The first-order valence-electron chi connectivity index (χ1n) is 11.2. The number of nitrogens with one attached hydrogen (secondary N) is 1. The number of rotatable bonds is 8. The van der Waals surface area contributed by atoms with Crippen LogP contribution >= 0.6 is 0 Å². The smallest absolute Gasteiger partial charge is 0.336 e. The largest absolute Gasteiger partial charge is 0.497 e. The van der Waals surface area contributed by atoms with Crippen molar-refractivity contribution in [2.24, 2.45) is 0 Å². The second-order valence-electron chi connectivity index (χ2n) is 7.75. The van der Waals surface area contributed by atoms with E-state index in [1.807, 2.05) is 73.7 Å². The molecule has 1 aromatic heterocycles. The SMILES string of the molecule is CCOc1nc(-c2ccc3c(c2)OCO3)n(-c2ccc(NC(=O)Cc3ccc(OC)cc3)cc2)n1. The molecule has 1 N–H and O–H groups in total. The zero-order valence-corrected chi connectivity index (χ0v) is 19.4. The van der Waals surface area contributed by atoms with Gasteiger partial charge in [0.05, 0.1) is 25.8 Å². The van der Waals surface area contributed by atoms with Crippen LogP contribution in [0, 0.1) is 0 Å². The topological polar surface area (TPSA) is 96.7 Å². The minimum atomic E-state index is -0.108. The van der Waals surface area contributed by atoms with Crippen LogP contribution < -0.4 is 24.3 Å². The van der Waals surface area contributed by atoms with Gasteiger partial charge in [-0.1, -0.05) is 12.1 Å². The molecule has 178 valence electrons. The highest BCUT2D eigenvalue weighted by Crippen LogP contribution is 2.36. The normalized spacial score (nSPS) is 11.8. The number of benzene rings is 3. The van der Waals surface area contributed by atoms with E-state index in [1.54, 1.807) is 11.8 Å². The Balaban J connectivity index is 1.35. The third kappa shape index (κ3) is 4.89. The standard InChI is InChI=1S/C26H24N4O5/c1-3-33-26-28-25(18-6-13-22-23(15-18)35-16-34-22)30(29-26)20-9-7-19(8-10-20)27-24(31)14-17-4-11-21(32-2)12-5-17/h4-13,15H,3,14,16H2,1-2H3,(H,27,31). The molecule has 5 rings (SSSR count). The van der Waals surface area contributed by atoms with Gasteiger partial charge < -0.3 is 24.3 Å².